The summed E-state index contributed by atoms with van der Waals surface area (Å²) >= 11 is 0. The standard InChI is InChI=1S/C39H32O14/c1-20-35(51-30(45)16-6-21-2-10-24(40)11-3-21)34(48)38(52-31(46)17-7-22-4-12-25(41)13-5-22)39(49-20)53-37-33(47)32-28(44)18-27(43)19-29(32)50-36(37)23-8-14-26(42)15-9-23/h2-20,34-35,38-44,48H,1H3/t20?,34-,35-,38?,39-/m0/s1. The van der Waals surface area contributed by atoms with E-state index >= 15 is 0 Å². The van der Waals surface area contributed by atoms with Crippen LogP contribution >= 0.6 is 0 Å². The summed E-state index contributed by atoms with van der Waals surface area (Å²) in [5.41, 5.74) is 0.154. The van der Waals surface area contributed by atoms with Crippen molar-refractivity contribution in [1.82, 2.24) is 0 Å². The second-order valence-corrected chi connectivity index (χ2v) is 11.9. The quantitative estimate of drug-likeness (QED) is 0.0894. The lowest BCUT2D eigenvalue weighted by molar-refractivity contribution is -0.275. The SMILES string of the molecule is CC1O[C@@H](Oc2c(-c3ccc(O)cc3)oc3cc(O)cc(O)c3c2=O)C(OC(=O)C=Cc2ccc(O)cc2)[C@@H](O)[C@H]1OC(=O)C=Cc1ccc(O)cc1. The minimum atomic E-state index is -1.80. The molecule has 5 aromatic rings. The van der Waals surface area contributed by atoms with Crippen molar-refractivity contribution in [1.29, 1.82) is 0 Å². The number of rotatable bonds is 9. The number of hydrogen-bond acceptors (Lipinski definition) is 14. The third kappa shape index (κ3) is 8.25. The number of carbonyl (C=O) groups excluding carboxylic acids is 2. The van der Waals surface area contributed by atoms with Crippen LogP contribution in [0.1, 0.15) is 18.1 Å². The number of ether oxygens (including phenoxy) is 4. The highest BCUT2D eigenvalue weighted by atomic mass is 16.7. The van der Waals surface area contributed by atoms with E-state index in [1.165, 1.54) is 79.7 Å². The third-order valence-corrected chi connectivity index (χ3v) is 8.15. The van der Waals surface area contributed by atoms with Gasteiger partial charge < -0.3 is 54.0 Å². The number of aromatic hydroxyl groups is 5. The van der Waals surface area contributed by atoms with Gasteiger partial charge in [-0.1, -0.05) is 24.3 Å². The number of phenols is 5. The van der Waals surface area contributed by atoms with Crippen LogP contribution in [-0.4, -0.2) is 73.3 Å². The zero-order valence-corrected chi connectivity index (χ0v) is 27.7. The first kappa shape index (κ1) is 36.0. The highest BCUT2D eigenvalue weighted by Gasteiger charge is 2.49. The Hall–Kier alpha value is -6.77. The van der Waals surface area contributed by atoms with Gasteiger partial charge in [-0.3, -0.25) is 4.79 Å². The summed E-state index contributed by atoms with van der Waals surface area (Å²) in [4.78, 5) is 40.0. The molecule has 53 heavy (non-hydrogen) atoms. The van der Waals surface area contributed by atoms with Gasteiger partial charge in [0.25, 0.3) is 0 Å². The normalized spacial score (nSPS) is 20.1. The molecular weight excluding hydrogens is 692 g/mol. The molecule has 14 nitrogen and oxygen atoms in total. The molecule has 1 fully saturated rings. The number of carbonyl (C=O) groups is 2. The Morgan fingerprint density at radius 1 is 0.698 bits per heavy atom. The highest BCUT2D eigenvalue weighted by molar-refractivity contribution is 5.89. The van der Waals surface area contributed by atoms with Gasteiger partial charge in [0.2, 0.25) is 17.5 Å². The van der Waals surface area contributed by atoms with Crippen molar-refractivity contribution >= 4 is 35.1 Å². The molecule has 272 valence electrons. The number of phenolic OH excluding ortho intramolecular Hbond substituents is 5. The van der Waals surface area contributed by atoms with Gasteiger partial charge in [-0.25, -0.2) is 9.59 Å². The van der Waals surface area contributed by atoms with Crippen LogP contribution in [0.5, 0.6) is 34.5 Å². The molecule has 0 saturated carbocycles. The number of hydrogen-bond donors (Lipinski definition) is 6. The van der Waals surface area contributed by atoms with E-state index in [1.54, 1.807) is 12.1 Å². The maximum absolute atomic E-state index is 14.0. The average molecular weight is 725 g/mol. The summed E-state index contributed by atoms with van der Waals surface area (Å²) < 4.78 is 29.1. The maximum atomic E-state index is 14.0. The molecule has 6 rings (SSSR count). The van der Waals surface area contributed by atoms with Gasteiger partial charge >= 0.3 is 11.9 Å². The zero-order valence-electron chi connectivity index (χ0n) is 27.7. The number of aliphatic hydroxyl groups is 1. The number of benzene rings is 4. The molecule has 0 spiro atoms. The smallest absolute Gasteiger partial charge is 0.331 e. The van der Waals surface area contributed by atoms with Crippen LogP contribution in [0.4, 0.5) is 0 Å². The molecule has 0 amide bonds. The zero-order chi connectivity index (χ0) is 37.8. The van der Waals surface area contributed by atoms with Crippen LogP contribution < -0.4 is 10.2 Å². The van der Waals surface area contributed by atoms with Crippen LogP contribution in [-0.2, 0) is 23.8 Å². The van der Waals surface area contributed by atoms with E-state index in [1.807, 2.05) is 0 Å². The monoisotopic (exact) mass is 724 g/mol. The van der Waals surface area contributed by atoms with E-state index < -0.39 is 65.3 Å². The van der Waals surface area contributed by atoms with Gasteiger partial charge in [0.05, 0.1) is 6.10 Å². The Kier molecular flexibility index (Phi) is 10.4. The first-order valence-electron chi connectivity index (χ1n) is 16.0. The molecular formula is C39H32O14. The van der Waals surface area contributed by atoms with Crippen molar-refractivity contribution in [2.45, 2.75) is 37.6 Å². The van der Waals surface area contributed by atoms with E-state index in [9.17, 15) is 45.0 Å². The van der Waals surface area contributed by atoms with Crippen LogP contribution in [0.15, 0.2) is 106 Å². The second-order valence-electron chi connectivity index (χ2n) is 11.9. The van der Waals surface area contributed by atoms with Crippen LogP contribution in [0.25, 0.3) is 34.4 Å². The molecule has 5 atom stereocenters. The number of aliphatic hydroxyl groups excluding tert-OH is 1. The summed E-state index contributed by atoms with van der Waals surface area (Å²) in [7, 11) is 0. The van der Waals surface area contributed by atoms with Crippen LogP contribution in [0, 0.1) is 0 Å². The molecule has 1 saturated heterocycles. The first-order valence-corrected chi connectivity index (χ1v) is 16.0. The van der Waals surface area contributed by atoms with Gasteiger partial charge in [0, 0.05) is 29.8 Å². The molecule has 0 bridgehead atoms. The summed E-state index contributed by atoms with van der Waals surface area (Å²) in [6.45, 7) is 1.45. The Morgan fingerprint density at radius 2 is 1.21 bits per heavy atom. The van der Waals surface area contributed by atoms with Crippen molar-refractivity contribution in [3.05, 3.63) is 118 Å². The lowest BCUT2D eigenvalue weighted by atomic mass is 9.99. The number of esters is 2. The van der Waals surface area contributed by atoms with Gasteiger partial charge in [-0.05, 0) is 78.7 Å². The highest BCUT2D eigenvalue weighted by Crippen LogP contribution is 2.38. The average Bonchev–Trinajstić information content (AvgIpc) is 3.12. The van der Waals surface area contributed by atoms with E-state index in [4.69, 9.17) is 23.4 Å². The molecule has 0 radical (unpaired) electrons. The van der Waals surface area contributed by atoms with Crippen molar-refractivity contribution in [2.75, 3.05) is 0 Å². The fourth-order valence-corrected chi connectivity index (χ4v) is 5.52. The van der Waals surface area contributed by atoms with E-state index in [0.29, 0.717) is 11.1 Å². The molecule has 1 aliphatic heterocycles. The van der Waals surface area contributed by atoms with E-state index in [0.717, 1.165) is 24.3 Å². The van der Waals surface area contributed by atoms with Gasteiger partial charge in [0.1, 0.15) is 45.8 Å². The van der Waals surface area contributed by atoms with Crippen molar-refractivity contribution in [3.63, 3.8) is 0 Å². The molecule has 14 heteroatoms. The van der Waals surface area contributed by atoms with Crippen LogP contribution in [0.2, 0.25) is 0 Å². The fraction of sp³-hybridized carbons (Fsp3) is 0.154. The van der Waals surface area contributed by atoms with Gasteiger partial charge in [0.15, 0.2) is 18.0 Å². The summed E-state index contributed by atoms with van der Waals surface area (Å²) in [6.07, 6.45) is -2.93. The minimum Gasteiger partial charge on any atom is -0.508 e. The topological polar surface area (TPSA) is 223 Å². The molecule has 4 aromatic carbocycles. The summed E-state index contributed by atoms with van der Waals surface area (Å²) in [5.74, 6) is -3.77. The molecule has 0 aliphatic carbocycles. The first-order chi connectivity index (χ1) is 25.4. The van der Waals surface area contributed by atoms with E-state index in [2.05, 4.69) is 0 Å². The van der Waals surface area contributed by atoms with Crippen molar-refractivity contribution in [2.24, 2.45) is 0 Å². The Bertz CT molecular complexity index is 2240. The van der Waals surface area contributed by atoms with Crippen LogP contribution in [0.3, 0.4) is 0 Å². The van der Waals surface area contributed by atoms with Crippen molar-refractivity contribution < 1.29 is 63.6 Å². The minimum absolute atomic E-state index is 0.00905. The van der Waals surface area contributed by atoms with E-state index in [-0.39, 0.29) is 39.5 Å². The Balaban J connectivity index is 1.35. The number of fused-ring (bicyclic) bond motifs is 1. The molecule has 1 aliphatic rings. The summed E-state index contributed by atoms with van der Waals surface area (Å²) in [6, 6.07) is 19.3. The largest absolute Gasteiger partial charge is 0.508 e. The Labute approximate surface area is 300 Å². The molecule has 2 heterocycles. The maximum Gasteiger partial charge on any atom is 0.331 e. The Morgan fingerprint density at radius 3 is 1.75 bits per heavy atom. The summed E-state index contributed by atoms with van der Waals surface area (Å²) in [5, 5.41) is 60.8. The fourth-order valence-electron chi connectivity index (χ4n) is 5.52. The van der Waals surface area contributed by atoms with Crippen molar-refractivity contribution in [3.8, 4) is 45.8 Å². The lowest BCUT2D eigenvalue weighted by Gasteiger charge is -2.41. The molecule has 6 N–H and O–H groups in total. The van der Waals surface area contributed by atoms with Gasteiger partial charge in [-0.2, -0.15) is 0 Å². The predicted molar refractivity (Wildman–Crippen MR) is 188 cm³/mol. The molecule has 2 unspecified atom stereocenters. The second kappa shape index (κ2) is 15.2. The van der Waals surface area contributed by atoms with Gasteiger partial charge in [-0.15, -0.1) is 0 Å². The lowest BCUT2D eigenvalue weighted by Crippen LogP contribution is -2.61. The molecule has 1 aromatic heterocycles. The third-order valence-electron chi connectivity index (χ3n) is 8.15. The predicted octanol–water partition coefficient (Wildman–Crippen LogP) is 4.72.